The lowest BCUT2D eigenvalue weighted by Gasteiger charge is -2.21. The number of nitrogens with zero attached hydrogens (tertiary/aromatic N) is 2. The van der Waals surface area contributed by atoms with Crippen LogP contribution >= 0.6 is 12.9 Å². The van der Waals surface area contributed by atoms with Crippen LogP contribution in [-0.4, -0.2) is 29.2 Å². The van der Waals surface area contributed by atoms with Gasteiger partial charge in [-0.2, -0.15) is 5.10 Å². The Morgan fingerprint density at radius 1 is 1.33 bits per heavy atom. The van der Waals surface area contributed by atoms with Crippen molar-refractivity contribution in [2.24, 2.45) is 0 Å². The number of nitrogen functional groups attached to an aromatic ring is 1. The minimum absolute atomic E-state index is 0.440. The molecule has 0 fully saturated rings. The van der Waals surface area contributed by atoms with Gasteiger partial charge < -0.3 is 15.2 Å². The third-order valence-corrected chi connectivity index (χ3v) is 2.55. The molecule has 7 heteroatoms. The average Bonchev–Trinajstić information content (AvgIpc) is 2.34. The molecule has 2 N–H and O–H groups in total. The SMILES string of the molecule is CC(C)(OS)OCCCCOc1cc(N)cnn1. The Kier molecular flexibility index (Phi) is 6.17. The van der Waals surface area contributed by atoms with Crippen LogP contribution in [0, 0.1) is 0 Å². The molecule has 0 atom stereocenters. The maximum Gasteiger partial charge on any atom is 0.235 e. The van der Waals surface area contributed by atoms with Gasteiger partial charge in [0.2, 0.25) is 5.88 Å². The van der Waals surface area contributed by atoms with Crippen LogP contribution in [0.4, 0.5) is 5.69 Å². The molecule has 1 aromatic heterocycles. The molecule has 6 nitrogen and oxygen atoms in total. The van der Waals surface area contributed by atoms with E-state index in [4.69, 9.17) is 19.4 Å². The molecule has 1 aromatic rings. The van der Waals surface area contributed by atoms with Crippen LogP contribution in [-0.2, 0) is 8.92 Å². The van der Waals surface area contributed by atoms with Gasteiger partial charge in [0, 0.05) is 6.07 Å². The number of unbranched alkanes of at least 4 members (excludes halogenated alkanes) is 1. The second-order valence-electron chi connectivity index (χ2n) is 4.22. The second-order valence-corrected chi connectivity index (χ2v) is 4.40. The molecular weight excluding hydrogens is 254 g/mol. The average molecular weight is 273 g/mol. The molecule has 0 unspecified atom stereocenters. The van der Waals surface area contributed by atoms with Gasteiger partial charge in [-0.1, -0.05) is 0 Å². The summed E-state index contributed by atoms with van der Waals surface area (Å²) in [5.74, 6) is -0.224. The first-order valence-electron chi connectivity index (χ1n) is 5.71. The molecule has 102 valence electrons. The minimum atomic E-state index is -0.663. The van der Waals surface area contributed by atoms with Gasteiger partial charge in [-0.25, -0.2) is 0 Å². The van der Waals surface area contributed by atoms with E-state index in [1.165, 1.54) is 6.20 Å². The lowest BCUT2D eigenvalue weighted by atomic mass is 10.3. The van der Waals surface area contributed by atoms with Gasteiger partial charge >= 0.3 is 0 Å². The van der Waals surface area contributed by atoms with Crippen molar-refractivity contribution in [1.29, 1.82) is 0 Å². The first-order valence-corrected chi connectivity index (χ1v) is 6.07. The number of ether oxygens (including phenoxy) is 2. The van der Waals surface area contributed by atoms with E-state index < -0.39 is 5.79 Å². The maximum atomic E-state index is 5.55. The van der Waals surface area contributed by atoms with Gasteiger partial charge in [-0.05, 0) is 39.6 Å². The van der Waals surface area contributed by atoms with E-state index in [1.807, 2.05) is 0 Å². The highest BCUT2D eigenvalue weighted by molar-refractivity contribution is 7.75. The fourth-order valence-electron chi connectivity index (χ4n) is 1.16. The molecule has 0 saturated carbocycles. The van der Waals surface area contributed by atoms with E-state index in [2.05, 4.69) is 23.1 Å². The second kappa shape index (κ2) is 7.40. The van der Waals surface area contributed by atoms with E-state index in [9.17, 15) is 0 Å². The summed E-state index contributed by atoms with van der Waals surface area (Å²) in [5, 5.41) is 7.49. The van der Waals surface area contributed by atoms with Crippen molar-refractivity contribution < 1.29 is 13.7 Å². The summed E-state index contributed by atoms with van der Waals surface area (Å²) in [5.41, 5.74) is 6.09. The monoisotopic (exact) mass is 273 g/mol. The van der Waals surface area contributed by atoms with Crippen LogP contribution in [0.2, 0.25) is 0 Å². The van der Waals surface area contributed by atoms with Gasteiger partial charge in [0.05, 0.1) is 25.1 Å². The fraction of sp³-hybridized carbons (Fsp3) is 0.636. The molecule has 18 heavy (non-hydrogen) atoms. The zero-order valence-electron chi connectivity index (χ0n) is 10.6. The Morgan fingerprint density at radius 3 is 2.72 bits per heavy atom. The molecule has 0 aromatic carbocycles. The first-order chi connectivity index (χ1) is 8.53. The molecule has 0 saturated heterocycles. The van der Waals surface area contributed by atoms with Crippen LogP contribution in [0.5, 0.6) is 5.88 Å². The van der Waals surface area contributed by atoms with Gasteiger partial charge in [0.1, 0.15) is 0 Å². The van der Waals surface area contributed by atoms with Crippen molar-refractivity contribution in [3.05, 3.63) is 12.3 Å². The predicted octanol–water partition coefficient (Wildman–Crippen LogP) is 1.83. The van der Waals surface area contributed by atoms with Gasteiger partial charge in [0.25, 0.3) is 0 Å². The Hall–Kier alpha value is -1.05. The topological polar surface area (TPSA) is 79.5 Å². The fourth-order valence-corrected chi connectivity index (χ4v) is 1.21. The van der Waals surface area contributed by atoms with E-state index in [-0.39, 0.29) is 0 Å². The van der Waals surface area contributed by atoms with Crippen LogP contribution in [0.3, 0.4) is 0 Å². The van der Waals surface area contributed by atoms with E-state index in [0.29, 0.717) is 24.8 Å². The summed E-state index contributed by atoms with van der Waals surface area (Å²) < 4.78 is 15.7. The number of hydrogen-bond donors (Lipinski definition) is 2. The van der Waals surface area contributed by atoms with Crippen molar-refractivity contribution in [1.82, 2.24) is 10.2 Å². The summed E-state index contributed by atoms with van der Waals surface area (Å²) in [7, 11) is 0. The van der Waals surface area contributed by atoms with Crippen LogP contribution < -0.4 is 10.5 Å². The Balaban J connectivity index is 2.09. The van der Waals surface area contributed by atoms with Crippen molar-refractivity contribution in [3.8, 4) is 5.88 Å². The van der Waals surface area contributed by atoms with Crippen LogP contribution in [0.25, 0.3) is 0 Å². The predicted molar refractivity (Wildman–Crippen MR) is 71.3 cm³/mol. The summed E-state index contributed by atoms with van der Waals surface area (Å²) in [4.78, 5) is 0. The van der Waals surface area contributed by atoms with Crippen LogP contribution in [0.15, 0.2) is 12.3 Å². The largest absolute Gasteiger partial charge is 0.477 e. The summed E-state index contributed by atoms with van der Waals surface area (Å²) >= 11 is 3.73. The van der Waals surface area contributed by atoms with Crippen molar-refractivity contribution in [3.63, 3.8) is 0 Å². The van der Waals surface area contributed by atoms with Gasteiger partial charge in [0.15, 0.2) is 5.79 Å². The normalized spacial score (nSPS) is 11.5. The Bertz CT molecular complexity index is 363. The molecule has 0 aliphatic carbocycles. The number of aromatic nitrogens is 2. The molecule has 0 amide bonds. The molecule has 0 radical (unpaired) electrons. The first kappa shape index (κ1) is 15.0. The Morgan fingerprint density at radius 2 is 2.06 bits per heavy atom. The van der Waals surface area contributed by atoms with Crippen molar-refractivity contribution in [2.75, 3.05) is 18.9 Å². The number of thiol groups is 1. The minimum Gasteiger partial charge on any atom is -0.477 e. The molecule has 0 aliphatic rings. The van der Waals surface area contributed by atoms with E-state index in [1.54, 1.807) is 19.9 Å². The summed E-state index contributed by atoms with van der Waals surface area (Å²) in [6.07, 6.45) is 3.18. The molecule has 0 aliphatic heterocycles. The molecule has 1 heterocycles. The lowest BCUT2D eigenvalue weighted by molar-refractivity contribution is -0.145. The van der Waals surface area contributed by atoms with E-state index >= 15 is 0 Å². The summed E-state index contributed by atoms with van der Waals surface area (Å²) in [6, 6.07) is 1.64. The zero-order chi connectivity index (χ0) is 13.4. The van der Waals surface area contributed by atoms with Gasteiger partial charge in [-0.15, -0.1) is 5.10 Å². The van der Waals surface area contributed by atoms with Gasteiger partial charge in [-0.3, -0.25) is 4.18 Å². The molecule has 0 bridgehead atoms. The smallest absolute Gasteiger partial charge is 0.235 e. The molecular formula is C11H19N3O3S. The zero-order valence-corrected chi connectivity index (χ0v) is 11.5. The number of nitrogens with two attached hydrogens (primary N) is 1. The quantitative estimate of drug-likeness (QED) is 0.325. The maximum absolute atomic E-state index is 5.55. The lowest BCUT2D eigenvalue weighted by Crippen LogP contribution is -2.25. The summed E-state index contributed by atoms with van der Waals surface area (Å²) in [6.45, 7) is 4.74. The number of rotatable bonds is 8. The molecule has 0 spiro atoms. The highest BCUT2D eigenvalue weighted by Gasteiger charge is 2.16. The Labute approximate surface area is 112 Å². The van der Waals surface area contributed by atoms with Crippen molar-refractivity contribution >= 4 is 18.6 Å². The van der Waals surface area contributed by atoms with Crippen LogP contribution in [0.1, 0.15) is 26.7 Å². The number of hydrogen-bond acceptors (Lipinski definition) is 7. The standard InChI is InChI=1S/C11H19N3O3S/c1-11(2,17-18)16-6-4-3-5-15-10-7-9(12)8-13-14-10/h7-8,18H,3-6H2,1-2H3,(H2,12,14). The highest BCUT2D eigenvalue weighted by Crippen LogP contribution is 2.13. The van der Waals surface area contributed by atoms with E-state index in [0.717, 1.165) is 12.8 Å². The third kappa shape index (κ3) is 6.04. The van der Waals surface area contributed by atoms with Crippen molar-refractivity contribution in [2.45, 2.75) is 32.5 Å². The number of anilines is 1. The highest BCUT2D eigenvalue weighted by atomic mass is 32.1. The molecule has 1 rings (SSSR count). The third-order valence-electron chi connectivity index (χ3n) is 2.11.